The number of hydrogen-bond acceptors (Lipinski definition) is 2. The fraction of sp³-hybridized carbons (Fsp3) is 0.222. The number of anilines is 1. The average Bonchev–Trinajstić information content (AvgIpc) is 2.43. The van der Waals surface area contributed by atoms with Gasteiger partial charge in [-0.2, -0.15) is 0 Å². The van der Waals surface area contributed by atoms with E-state index >= 15 is 0 Å². The molecule has 0 saturated carbocycles. The number of benzene rings is 2. The fourth-order valence-electron chi connectivity index (χ4n) is 2.22. The van der Waals surface area contributed by atoms with Crippen molar-refractivity contribution in [3.05, 3.63) is 57.6 Å². The Balaban J connectivity index is 2.15. The number of ether oxygens (including phenoxy) is 1. The number of aryl methyl sites for hydroxylation is 2. The van der Waals surface area contributed by atoms with Crippen LogP contribution in [-0.4, -0.2) is 6.61 Å². The van der Waals surface area contributed by atoms with Crippen molar-refractivity contribution in [1.82, 2.24) is 0 Å². The number of nitrogens with one attached hydrogen (secondary N) is 1. The molecule has 0 aromatic heterocycles. The van der Waals surface area contributed by atoms with Crippen molar-refractivity contribution in [2.45, 2.75) is 20.4 Å². The van der Waals surface area contributed by atoms with Gasteiger partial charge in [-0.05, 0) is 55.3 Å². The van der Waals surface area contributed by atoms with Crippen LogP contribution in [0.5, 0.6) is 5.75 Å². The van der Waals surface area contributed by atoms with E-state index in [1.165, 1.54) is 11.1 Å². The second kappa shape index (κ2) is 7.19. The molecule has 0 unspecified atom stereocenters. The van der Waals surface area contributed by atoms with E-state index in [4.69, 9.17) is 11.2 Å². The molecule has 0 radical (unpaired) electrons. The third-order valence-electron chi connectivity index (χ3n) is 3.04. The van der Waals surface area contributed by atoms with Crippen LogP contribution in [0.3, 0.4) is 0 Å². The Morgan fingerprint density at radius 2 is 1.86 bits per heavy atom. The molecule has 0 atom stereocenters. The molecule has 0 bridgehead atoms. The van der Waals surface area contributed by atoms with Crippen molar-refractivity contribution in [2.24, 2.45) is 0 Å². The lowest BCUT2D eigenvalue weighted by molar-refractivity contribution is 0.366. The maximum atomic E-state index is 5.58. The number of terminal acetylenes is 1. The maximum Gasteiger partial charge on any atom is 0.148 e. The van der Waals surface area contributed by atoms with Crippen molar-refractivity contribution < 1.29 is 4.74 Å². The molecule has 3 heteroatoms. The van der Waals surface area contributed by atoms with Gasteiger partial charge in [0.1, 0.15) is 12.4 Å². The molecule has 0 aliphatic carbocycles. The van der Waals surface area contributed by atoms with E-state index in [-0.39, 0.29) is 6.61 Å². The first-order valence-corrected chi connectivity index (χ1v) is 7.54. The lowest BCUT2D eigenvalue weighted by Gasteiger charge is -2.13. The van der Waals surface area contributed by atoms with Crippen LogP contribution in [0.4, 0.5) is 5.69 Å². The summed E-state index contributed by atoms with van der Waals surface area (Å²) >= 11 is 3.49. The summed E-state index contributed by atoms with van der Waals surface area (Å²) < 4.78 is 6.60. The molecule has 2 aromatic rings. The lowest BCUT2D eigenvalue weighted by Crippen LogP contribution is -2.04. The third-order valence-corrected chi connectivity index (χ3v) is 3.53. The third kappa shape index (κ3) is 4.54. The van der Waals surface area contributed by atoms with Gasteiger partial charge in [0, 0.05) is 22.3 Å². The van der Waals surface area contributed by atoms with Gasteiger partial charge in [0.15, 0.2) is 0 Å². The zero-order valence-corrected chi connectivity index (χ0v) is 13.8. The minimum Gasteiger partial charge on any atom is -0.481 e. The summed E-state index contributed by atoms with van der Waals surface area (Å²) in [6, 6.07) is 12.3. The first kappa shape index (κ1) is 15.5. The van der Waals surface area contributed by atoms with E-state index in [1.54, 1.807) is 0 Å². The van der Waals surface area contributed by atoms with Crippen molar-refractivity contribution in [3.8, 4) is 18.1 Å². The van der Waals surface area contributed by atoms with E-state index in [2.05, 4.69) is 59.2 Å². The summed E-state index contributed by atoms with van der Waals surface area (Å²) in [6.07, 6.45) is 5.25. The summed E-state index contributed by atoms with van der Waals surface area (Å²) in [6.45, 7) is 5.15. The van der Waals surface area contributed by atoms with Crippen LogP contribution in [0.2, 0.25) is 0 Å². The van der Waals surface area contributed by atoms with Crippen molar-refractivity contribution >= 4 is 21.6 Å². The molecule has 2 nitrogen and oxygen atoms in total. The second-order valence-corrected chi connectivity index (χ2v) is 5.89. The molecule has 0 aliphatic heterocycles. The SMILES string of the molecule is C#CCOc1ccc(Br)cc1CNc1cc(C)cc(C)c1. The normalized spacial score (nSPS) is 10.0. The highest BCUT2D eigenvalue weighted by Crippen LogP contribution is 2.24. The summed E-state index contributed by atoms with van der Waals surface area (Å²) in [5, 5.41) is 3.43. The molecule has 2 rings (SSSR count). The highest BCUT2D eigenvalue weighted by atomic mass is 79.9. The summed E-state index contributed by atoms with van der Waals surface area (Å²) in [5.41, 5.74) is 4.67. The molecule has 21 heavy (non-hydrogen) atoms. The lowest BCUT2D eigenvalue weighted by atomic mass is 10.1. The second-order valence-electron chi connectivity index (χ2n) is 4.97. The van der Waals surface area contributed by atoms with E-state index in [0.29, 0.717) is 6.54 Å². The zero-order chi connectivity index (χ0) is 15.2. The quantitative estimate of drug-likeness (QED) is 0.795. The van der Waals surface area contributed by atoms with Crippen LogP contribution in [0.25, 0.3) is 0 Å². The van der Waals surface area contributed by atoms with Crippen LogP contribution in [0.1, 0.15) is 16.7 Å². The van der Waals surface area contributed by atoms with Gasteiger partial charge in [0.05, 0.1) is 0 Å². The number of halogens is 1. The van der Waals surface area contributed by atoms with Crippen LogP contribution >= 0.6 is 15.9 Å². The van der Waals surface area contributed by atoms with E-state index in [9.17, 15) is 0 Å². The first-order valence-electron chi connectivity index (χ1n) is 6.75. The maximum absolute atomic E-state index is 5.58. The zero-order valence-electron chi connectivity index (χ0n) is 12.2. The first-order chi connectivity index (χ1) is 10.1. The molecule has 2 aromatic carbocycles. The van der Waals surface area contributed by atoms with Gasteiger partial charge < -0.3 is 10.1 Å². The van der Waals surface area contributed by atoms with Crippen molar-refractivity contribution in [2.75, 3.05) is 11.9 Å². The topological polar surface area (TPSA) is 21.3 Å². The van der Waals surface area contributed by atoms with E-state index < -0.39 is 0 Å². The highest BCUT2D eigenvalue weighted by molar-refractivity contribution is 9.10. The van der Waals surface area contributed by atoms with Crippen LogP contribution < -0.4 is 10.1 Å². The summed E-state index contributed by atoms with van der Waals surface area (Å²) in [5.74, 6) is 3.31. The summed E-state index contributed by atoms with van der Waals surface area (Å²) in [4.78, 5) is 0. The van der Waals surface area contributed by atoms with Gasteiger partial charge in [-0.1, -0.05) is 27.9 Å². The molecular formula is C18H18BrNO. The minimum atomic E-state index is 0.276. The van der Waals surface area contributed by atoms with E-state index in [0.717, 1.165) is 21.5 Å². The van der Waals surface area contributed by atoms with Gasteiger partial charge >= 0.3 is 0 Å². The minimum absolute atomic E-state index is 0.276. The van der Waals surface area contributed by atoms with Gasteiger partial charge in [0.25, 0.3) is 0 Å². The largest absolute Gasteiger partial charge is 0.481 e. The molecule has 0 saturated heterocycles. The number of hydrogen-bond donors (Lipinski definition) is 1. The van der Waals surface area contributed by atoms with Crippen LogP contribution in [0.15, 0.2) is 40.9 Å². The van der Waals surface area contributed by atoms with Gasteiger partial charge in [0.2, 0.25) is 0 Å². The number of rotatable bonds is 5. The smallest absolute Gasteiger partial charge is 0.148 e. The van der Waals surface area contributed by atoms with E-state index in [1.807, 2.05) is 18.2 Å². The molecule has 0 fully saturated rings. The molecule has 0 heterocycles. The van der Waals surface area contributed by atoms with Gasteiger partial charge in [-0.3, -0.25) is 0 Å². The van der Waals surface area contributed by atoms with Gasteiger partial charge in [-0.15, -0.1) is 6.42 Å². The van der Waals surface area contributed by atoms with Crippen molar-refractivity contribution in [3.63, 3.8) is 0 Å². The summed E-state index contributed by atoms with van der Waals surface area (Å²) in [7, 11) is 0. The van der Waals surface area contributed by atoms with Gasteiger partial charge in [-0.25, -0.2) is 0 Å². The molecule has 0 spiro atoms. The molecule has 1 N–H and O–H groups in total. The Kier molecular flexibility index (Phi) is 5.30. The molecule has 0 amide bonds. The standard InChI is InChI=1S/C18H18BrNO/c1-4-7-21-18-6-5-16(19)11-15(18)12-20-17-9-13(2)8-14(3)10-17/h1,5-6,8-11,20H,7,12H2,2-3H3. The van der Waals surface area contributed by atoms with Crippen LogP contribution in [0, 0.1) is 26.2 Å². The Labute approximate surface area is 134 Å². The molecular weight excluding hydrogens is 326 g/mol. The Morgan fingerprint density at radius 1 is 1.14 bits per heavy atom. The molecule has 0 aliphatic rings. The Bertz CT molecular complexity index is 653. The monoisotopic (exact) mass is 343 g/mol. The average molecular weight is 344 g/mol. The molecule has 108 valence electrons. The predicted octanol–water partition coefficient (Wildman–Crippen LogP) is 4.69. The highest BCUT2D eigenvalue weighted by Gasteiger charge is 2.05. The van der Waals surface area contributed by atoms with Crippen molar-refractivity contribution in [1.29, 1.82) is 0 Å². The Morgan fingerprint density at radius 3 is 2.52 bits per heavy atom. The van der Waals surface area contributed by atoms with Crippen LogP contribution in [-0.2, 0) is 6.54 Å². The fourth-order valence-corrected chi connectivity index (χ4v) is 2.63. The predicted molar refractivity (Wildman–Crippen MR) is 91.7 cm³/mol. The Hall–Kier alpha value is -1.92.